The fourth-order valence-corrected chi connectivity index (χ4v) is 2.27. The number of hydrogen-bond donors (Lipinski definition) is 1. The highest BCUT2D eigenvalue weighted by Crippen LogP contribution is 2.28. The molecule has 1 fully saturated rings. The number of cyclic esters (lactones) is 1. The van der Waals surface area contributed by atoms with E-state index < -0.39 is 23.6 Å². The lowest BCUT2D eigenvalue weighted by Gasteiger charge is -2.43. The van der Waals surface area contributed by atoms with Crippen molar-refractivity contribution in [2.75, 3.05) is 11.4 Å². The lowest BCUT2D eigenvalue weighted by Crippen LogP contribution is -2.57. The van der Waals surface area contributed by atoms with Crippen molar-refractivity contribution in [2.45, 2.75) is 31.9 Å². The zero-order valence-electron chi connectivity index (χ0n) is 11.0. The maximum Gasteiger partial charge on any atom is 0.329 e. The van der Waals surface area contributed by atoms with Gasteiger partial charge in [0.1, 0.15) is 11.6 Å². The SMILES string of the molecule is CC1(C)CN(c2ccccc2)C(CC(=O)O)C(=O)O1. The minimum atomic E-state index is -1.01. The molecule has 0 saturated carbocycles. The van der Waals surface area contributed by atoms with Gasteiger partial charge in [-0.2, -0.15) is 0 Å². The maximum atomic E-state index is 12.0. The molecule has 1 aliphatic rings. The number of morpholine rings is 1. The number of carbonyl (C=O) groups is 2. The molecule has 1 saturated heterocycles. The average molecular weight is 263 g/mol. The van der Waals surface area contributed by atoms with E-state index in [2.05, 4.69) is 0 Å². The van der Waals surface area contributed by atoms with Crippen molar-refractivity contribution in [3.05, 3.63) is 30.3 Å². The van der Waals surface area contributed by atoms with E-state index in [1.54, 1.807) is 4.90 Å². The zero-order chi connectivity index (χ0) is 14.0. The number of carboxylic acid groups (broad SMARTS) is 1. The second-order valence-corrected chi connectivity index (χ2v) is 5.26. The van der Waals surface area contributed by atoms with Crippen molar-refractivity contribution in [1.29, 1.82) is 0 Å². The van der Waals surface area contributed by atoms with Crippen LogP contribution in [0.25, 0.3) is 0 Å². The van der Waals surface area contributed by atoms with Crippen molar-refractivity contribution < 1.29 is 19.4 Å². The van der Waals surface area contributed by atoms with E-state index in [0.717, 1.165) is 5.69 Å². The number of carbonyl (C=O) groups excluding carboxylic acids is 1. The Hall–Kier alpha value is -2.04. The molecule has 1 unspecified atom stereocenters. The van der Waals surface area contributed by atoms with Gasteiger partial charge >= 0.3 is 11.9 Å². The Labute approximate surface area is 111 Å². The molecule has 102 valence electrons. The molecule has 19 heavy (non-hydrogen) atoms. The van der Waals surface area contributed by atoms with Gasteiger partial charge < -0.3 is 14.7 Å². The Morgan fingerprint density at radius 2 is 2.05 bits per heavy atom. The summed E-state index contributed by atoms with van der Waals surface area (Å²) in [6.07, 6.45) is -0.260. The first-order chi connectivity index (χ1) is 8.89. The number of nitrogens with zero attached hydrogens (tertiary/aromatic N) is 1. The molecule has 0 amide bonds. The van der Waals surface area contributed by atoms with Crippen LogP contribution in [-0.2, 0) is 14.3 Å². The molecule has 1 heterocycles. The predicted octanol–water partition coefficient (Wildman–Crippen LogP) is 1.67. The Bertz CT molecular complexity index is 483. The van der Waals surface area contributed by atoms with Crippen LogP contribution >= 0.6 is 0 Å². The Kier molecular flexibility index (Phi) is 3.46. The molecule has 1 aliphatic heterocycles. The minimum absolute atomic E-state index is 0.260. The van der Waals surface area contributed by atoms with Gasteiger partial charge in [-0.15, -0.1) is 0 Å². The van der Waals surface area contributed by atoms with Gasteiger partial charge in [-0.25, -0.2) is 4.79 Å². The van der Waals surface area contributed by atoms with Crippen LogP contribution in [0.1, 0.15) is 20.3 Å². The van der Waals surface area contributed by atoms with Crippen LogP contribution in [0, 0.1) is 0 Å². The van der Waals surface area contributed by atoms with Crippen molar-refractivity contribution in [3.63, 3.8) is 0 Å². The van der Waals surface area contributed by atoms with Crippen LogP contribution in [0.2, 0.25) is 0 Å². The fraction of sp³-hybridized carbons (Fsp3) is 0.429. The van der Waals surface area contributed by atoms with Gasteiger partial charge in [0.25, 0.3) is 0 Å². The molecule has 5 heteroatoms. The van der Waals surface area contributed by atoms with Crippen molar-refractivity contribution in [3.8, 4) is 0 Å². The first-order valence-electron chi connectivity index (χ1n) is 6.15. The summed E-state index contributed by atoms with van der Waals surface area (Å²) in [6.45, 7) is 4.11. The maximum absolute atomic E-state index is 12.0. The normalized spacial score (nSPS) is 21.9. The second kappa shape index (κ2) is 4.91. The van der Waals surface area contributed by atoms with Crippen LogP contribution in [-0.4, -0.2) is 35.2 Å². The molecule has 0 bridgehead atoms. The molecule has 1 aromatic rings. The van der Waals surface area contributed by atoms with Crippen LogP contribution in [0.5, 0.6) is 0 Å². The Balaban J connectivity index is 2.33. The highest BCUT2D eigenvalue weighted by molar-refractivity contribution is 5.86. The molecule has 0 aromatic heterocycles. The lowest BCUT2D eigenvalue weighted by atomic mass is 10.0. The summed E-state index contributed by atoms with van der Waals surface area (Å²) in [5, 5.41) is 8.94. The Morgan fingerprint density at radius 1 is 1.42 bits per heavy atom. The van der Waals surface area contributed by atoms with E-state index in [9.17, 15) is 9.59 Å². The number of esters is 1. The first kappa shape index (κ1) is 13.4. The molecule has 1 aromatic carbocycles. The largest absolute Gasteiger partial charge is 0.481 e. The van der Waals surface area contributed by atoms with Crippen LogP contribution in [0.15, 0.2) is 30.3 Å². The summed E-state index contributed by atoms with van der Waals surface area (Å²) < 4.78 is 5.29. The van der Waals surface area contributed by atoms with E-state index in [1.807, 2.05) is 44.2 Å². The first-order valence-corrected chi connectivity index (χ1v) is 6.15. The third kappa shape index (κ3) is 3.05. The smallest absolute Gasteiger partial charge is 0.329 e. The number of aliphatic carboxylic acids is 1. The molecule has 1 atom stereocenters. The summed E-state index contributed by atoms with van der Waals surface area (Å²) in [5.41, 5.74) is 0.209. The minimum Gasteiger partial charge on any atom is -0.481 e. The number of rotatable bonds is 3. The molecule has 0 radical (unpaired) electrons. The van der Waals surface area contributed by atoms with E-state index >= 15 is 0 Å². The Morgan fingerprint density at radius 3 is 2.63 bits per heavy atom. The number of ether oxygens (including phenoxy) is 1. The van der Waals surface area contributed by atoms with Crippen molar-refractivity contribution >= 4 is 17.6 Å². The van der Waals surface area contributed by atoms with Gasteiger partial charge in [0.2, 0.25) is 0 Å². The highest BCUT2D eigenvalue weighted by Gasteiger charge is 2.41. The van der Waals surface area contributed by atoms with Gasteiger partial charge in [0.05, 0.1) is 13.0 Å². The monoisotopic (exact) mass is 263 g/mol. The molecule has 5 nitrogen and oxygen atoms in total. The standard InChI is InChI=1S/C14H17NO4/c1-14(2)9-15(10-6-4-3-5-7-10)11(8-12(16)17)13(18)19-14/h3-7,11H,8-9H2,1-2H3,(H,16,17). The molecule has 0 aliphatic carbocycles. The summed E-state index contributed by atoms with van der Waals surface area (Å²) in [6, 6.07) is 8.56. The summed E-state index contributed by atoms with van der Waals surface area (Å²) >= 11 is 0. The van der Waals surface area contributed by atoms with Gasteiger partial charge in [-0.05, 0) is 26.0 Å². The number of benzene rings is 1. The van der Waals surface area contributed by atoms with E-state index in [0.29, 0.717) is 6.54 Å². The van der Waals surface area contributed by atoms with Crippen molar-refractivity contribution in [1.82, 2.24) is 0 Å². The zero-order valence-corrected chi connectivity index (χ0v) is 11.0. The topological polar surface area (TPSA) is 66.8 Å². The van der Waals surface area contributed by atoms with E-state index in [1.165, 1.54) is 0 Å². The summed E-state index contributed by atoms with van der Waals surface area (Å²) in [7, 11) is 0. The predicted molar refractivity (Wildman–Crippen MR) is 70.0 cm³/mol. The fourth-order valence-electron chi connectivity index (χ4n) is 2.27. The van der Waals surface area contributed by atoms with Crippen molar-refractivity contribution in [2.24, 2.45) is 0 Å². The lowest BCUT2D eigenvalue weighted by molar-refractivity contribution is -0.164. The molecule has 2 rings (SSSR count). The third-order valence-electron chi connectivity index (χ3n) is 3.03. The molecular formula is C14H17NO4. The van der Waals surface area contributed by atoms with Gasteiger partial charge in [-0.1, -0.05) is 18.2 Å². The third-order valence-corrected chi connectivity index (χ3v) is 3.03. The summed E-state index contributed by atoms with van der Waals surface area (Å²) in [5.74, 6) is -1.50. The molecular weight excluding hydrogens is 246 g/mol. The highest BCUT2D eigenvalue weighted by atomic mass is 16.6. The number of anilines is 1. The number of para-hydroxylation sites is 1. The quantitative estimate of drug-likeness (QED) is 0.840. The average Bonchev–Trinajstić information content (AvgIpc) is 2.32. The second-order valence-electron chi connectivity index (χ2n) is 5.26. The summed E-state index contributed by atoms with van der Waals surface area (Å²) in [4.78, 5) is 24.7. The van der Waals surface area contributed by atoms with Crippen LogP contribution in [0.4, 0.5) is 5.69 Å². The van der Waals surface area contributed by atoms with Crippen LogP contribution < -0.4 is 4.90 Å². The van der Waals surface area contributed by atoms with E-state index in [4.69, 9.17) is 9.84 Å². The van der Waals surface area contributed by atoms with Gasteiger partial charge in [-0.3, -0.25) is 4.79 Å². The van der Waals surface area contributed by atoms with E-state index in [-0.39, 0.29) is 6.42 Å². The number of carboxylic acids is 1. The molecule has 0 spiro atoms. The molecule has 1 N–H and O–H groups in total. The number of hydrogen-bond acceptors (Lipinski definition) is 4. The van der Waals surface area contributed by atoms with Gasteiger partial charge in [0, 0.05) is 5.69 Å². The van der Waals surface area contributed by atoms with Crippen LogP contribution in [0.3, 0.4) is 0 Å². The van der Waals surface area contributed by atoms with Gasteiger partial charge in [0.15, 0.2) is 0 Å².